The van der Waals surface area contributed by atoms with Crippen LogP contribution in [-0.2, 0) is 6.42 Å². The molecule has 1 aromatic heterocycles. The topological polar surface area (TPSA) is 67.3 Å². The summed E-state index contributed by atoms with van der Waals surface area (Å²) in [7, 11) is 1.67. The van der Waals surface area contributed by atoms with Crippen LogP contribution in [0.15, 0.2) is 45.6 Å². The van der Waals surface area contributed by atoms with Gasteiger partial charge in [-0.1, -0.05) is 12.1 Å². The highest BCUT2D eigenvalue weighted by Crippen LogP contribution is 2.39. The molecule has 0 saturated heterocycles. The summed E-state index contributed by atoms with van der Waals surface area (Å²) in [6, 6.07) is 11.2. The number of rotatable bonds is 8. The third-order valence-corrected chi connectivity index (χ3v) is 6.18. The highest BCUT2D eigenvalue weighted by Gasteiger charge is 2.25. The van der Waals surface area contributed by atoms with Gasteiger partial charge in [-0.3, -0.25) is 4.98 Å². The summed E-state index contributed by atoms with van der Waals surface area (Å²) >= 11 is 0. The minimum Gasteiger partial charge on any atom is -0.496 e. The largest absolute Gasteiger partial charge is 0.496 e. The number of aryl methyl sites for hydroxylation is 1. The lowest BCUT2D eigenvalue weighted by Crippen LogP contribution is -2.33. The van der Waals surface area contributed by atoms with Crippen molar-refractivity contribution in [3.8, 4) is 5.75 Å². The predicted octanol–water partition coefficient (Wildman–Crippen LogP) is 4.91. The Balaban J connectivity index is 1.23. The standard InChI is InChI=1S/C24H29FN2O3/c1-29-22-15-21-23(30-24(28)27-21)14-20(22)17-7-11-19(12-8-17)26-13-3-2-4-16-5-9-18(25)10-6-16/h5-6,9-10,14-15,17,19,26H,2-4,7-8,11-13H2,1H3,(H,27,28). The van der Waals surface area contributed by atoms with Crippen LogP contribution in [0.4, 0.5) is 4.39 Å². The normalized spacial score (nSPS) is 19.3. The first-order chi connectivity index (χ1) is 14.6. The fourth-order valence-corrected chi connectivity index (χ4v) is 4.51. The fraction of sp³-hybridized carbons (Fsp3) is 0.458. The summed E-state index contributed by atoms with van der Waals surface area (Å²) in [5.41, 5.74) is 3.60. The number of aromatic amines is 1. The van der Waals surface area contributed by atoms with Gasteiger partial charge >= 0.3 is 5.76 Å². The van der Waals surface area contributed by atoms with E-state index in [2.05, 4.69) is 10.3 Å². The minimum absolute atomic E-state index is 0.175. The lowest BCUT2D eigenvalue weighted by molar-refractivity contribution is 0.332. The minimum atomic E-state index is -0.434. The second-order valence-electron chi connectivity index (χ2n) is 8.19. The molecule has 0 amide bonds. The summed E-state index contributed by atoms with van der Waals surface area (Å²) < 4.78 is 23.8. The number of fused-ring (bicyclic) bond motifs is 1. The summed E-state index contributed by atoms with van der Waals surface area (Å²) in [4.78, 5) is 14.2. The van der Waals surface area contributed by atoms with E-state index in [4.69, 9.17) is 9.15 Å². The van der Waals surface area contributed by atoms with Crippen LogP contribution in [0.1, 0.15) is 55.6 Å². The molecule has 0 aliphatic heterocycles. The quantitative estimate of drug-likeness (QED) is 0.516. The van der Waals surface area contributed by atoms with Crippen LogP contribution < -0.4 is 15.8 Å². The van der Waals surface area contributed by atoms with E-state index in [1.807, 2.05) is 24.3 Å². The van der Waals surface area contributed by atoms with Crippen LogP contribution in [0.5, 0.6) is 5.75 Å². The molecule has 1 saturated carbocycles. The molecule has 0 radical (unpaired) electrons. The molecule has 1 aliphatic carbocycles. The van der Waals surface area contributed by atoms with Crippen LogP contribution in [0, 0.1) is 5.82 Å². The monoisotopic (exact) mass is 412 g/mol. The SMILES string of the molecule is COc1cc2[nH]c(=O)oc2cc1C1CCC(NCCCCc2ccc(F)cc2)CC1. The first kappa shape index (κ1) is 20.7. The smallest absolute Gasteiger partial charge is 0.417 e. The molecule has 3 aromatic rings. The molecule has 1 heterocycles. The lowest BCUT2D eigenvalue weighted by Gasteiger charge is -2.30. The van der Waals surface area contributed by atoms with Crippen molar-refractivity contribution in [3.63, 3.8) is 0 Å². The number of benzene rings is 2. The Morgan fingerprint density at radius 3 is 2.63 bits per heavy atom. The predicted molar refractivity (Wildman–Crippen MR) is 116 cm³/mol. The summed E-state index contributed by atoms with van der Waals surface area (Å²) in [6.07, 6.45) is 7.64. The third kappa shape index (κ3) is 4.93. The van der Waals surface area contributed by atoms with Crippen molar-refractivity contribution in [3.05, 3.63) is 63.9 Å². The van der Waals surface area contributed by atoms with Crippen LogP contribution in [0.25, 0.3) is 11.1 Å². The number of hydrogen-bond donors (Lipinski definition) is 2. The van der Waals surface area contributed by atoms with E-state index < -0.39 is 5.76 Å². The van der Waals surface area contributed by atoms with Crippen LogP contribution in [-0.4, -0.2) is 24.7 Å². The molecule has 2 aromatic carbocycles. The van der Waals surface area contributed by atoms with Crippen molar-refractivity contribution in [1.29, 1.82) is 0 Å². The summed E-state index contributed by atoms with van der Waals surface area (Å²) in [5, 5.41) is 3.69. The molecule has 4 rings (SSSR count). The lowest BCUT2D eigenvalue weighted by atomic mass is 9.81. The zero-order chi connectivity index (χ0) is 20.9. The maximum Gasteiger partial charge on any atom is 0.417 e. The molecule has 0 bridgehead atoms. The molecule has 6 heteroatoms. The van der Waals surface area contributed by atoms with Gasteiger partial charge in [0.05, 0.1) is 12.6 Å². The Morgan fingerprint density at radius 2 is 1.90 bits per heavy atom. The molecule has 30 heavy (non-hydrogen) atoms. The molecule has 0 spiro atoms. The van der Waals surface area contributed by atoms with E-state index in [-0.39, 0.29) is 5.82 Å². The second-order valence-corrected chi connectivity index (χ2v) is 8.19. The Labute approximate surface area is 175 Å². The van der Waals surface area contributed by atoms with Crippen molar-refractivity contribution >= 4 is 11.1 Å². The number of nitrogens with one attached hydrogen (secondary N) is 2. The Morgan fingerprint density at radius 1 is 1.13 bits per heavy atom. The van der Waals surface area contributed by atoms with Gasteiger partial charge in [0.1, 0.15) is 11.6 Å². The number of oxazole rings is 1. The highest BCUT2D eigenvalue weighted by molar-refractivity contribution is 5.76. The van der Waals surface area contributed by atoms with Crippen molar-refractivity contribution in [1.82, 2.24) is 10.3 Å². The molecule has 1 aliphatic rings. The number of H-pyrrole nitrogens is 1. The van der Waals surface area contributed by atoms with Gasteiger partial charge in [-0.25, -0.2) is 9.18 Å². The Kier molecular flexibility index (Phi) is 6.53. The fourth-order valence-electron chi connectivity index (χ4n) is 4.51. The first-order valence-electron chi connectivity index (χ1n) is 10.8. The number of aromatic nitrogens is 1. The molecule has 2 N–H and O–H groups in total. The summed E-state index contributed by atoms with van der Waals surface area (Å²) in [6.45, 7) is 1.01. The zero-order valence-corrected chi connectivity index (χ0v) is 17.4. The van der Waals surface area contributed by atoms with E-state index in [9.17, 15) is 9.18 Å². The maximum absolute atomic E-state index is 12.9. The van der Waals surface area contributed by atoms with Crippen LogP contribution in [0.3, 0.4) is 0 Å². The van der Waals surface area contributed by atoms with E-state index in [1.54, 1.807) is 7.11 Å². The van der Waals surface area contributed by atoms with E-state index >= 15 is 0 Å². The van der Waals surface area contributed by atoms with E-state index in [0.29, 0.717) is 23.1 Å². The Bertz CT molecular complexity index is 1020. The van der Waals surface area contributed by atoms with Gasteiger partial charge < -0.3 is 14.5 Å². The maximum atomic E-state index is 12.9. The molecule has 1 fully saturated rings. The van der Waals surface area contributed by atoms with Gasteiger partial charge in [-0.2, -0.15) is 0 Å². The highest BCUT2D eigenvalue weighted by atomic mass is 19.1. The van der Waals surface area contributed by atoms with Gasteiger partial charge in [0, 0.05) is 17.7 Å². The van der Waals surface area contributed by atoms with E-state index in [0.717, 1.165) is 62.8 Å². The van der Waals surface area contributed by atoms with Crippen molar-refractivity contribution in [2.75, 3.05) is 13.7 Å². The number of unbranched alkanes of at least 4 members (excludes halogenated alkanes) is 1. The first-order valence-corrected chi connectivity index (χ1v) is 10.8. The molecular formula is C24H29FN2O3. The molecule has 0 atom stereocenters. The second kappa shape index (κ2) is 9.47. The van der Waals surface area contributed by atoms with Gasteiger partial charge in [-0.05, 0) is 81.2 Å². The molecule has 160 valence electrons. The van der Waals surface area contributed by atoms with Crippen molar-refractivity contribution < 1.29 is 13.5 Å². The third-order valence-electron chi connectivity index (χ3n) is 6.18. The summed E-state index contributed by atoms with van der Waals surface area (Å²) in [5.74, 6) is 0.626. The zero-order valence-electron chi connectivity index (χ0n) is 17.4. The Hall–Kier alpha value is -2.60. The number of hydrogen-bond acceptors (Lipinski definition) is 4. The van der Waals surface area contributed by atoms with Crippen molar-refractivity contribution in [2.45, 2.75) is 56.9 Å². The number of ether oxygens (including phenoxy) is 1. The van der Waals surface area contributed by atoms with Gasteiger partial charge in [0.2, 0.25) is 0 Å². The number of halogens is 1. The van der Waals surface area contributed by atoms with Gasteiger partial charge in [0.25, 0.3) is 0 Å². The molecule has 5 nitrogen and oxygen atoms in total. The average molecular weight is 413 g/mol. The van der Waals surface area contributed by atoms with Gasteiger partial charge in [0.15, 0.2) is 5.58 Å². The average Bonchev–Trinajstić information content (AvgIpc) is 3.13. The van der Waals surface area contributed by atoms with Crippen LogP contribution in [0.2, 0.25) is 0 Å². The van der Waals surface area contributed by atoms with E-state index in [1.165, 1.54) is 17.7 Å². The molecular weight excluding hydrogens is 383 g/mol. The van der Waals surface area contributed by atoms with Crippen molar-refractivity contribution in [2.24, 2.45) is 0 Å². The number of methoxy groups -OCH3 is 1. The van der Waals surface area contributed by atoms with Crippen LogP contribution >= 0.6 is 0 Å². The molecule has 0 unspecified atom stereocenters. The van der Waals surface area contributed by atoms with Gasteiger partial charge in [-0.15, -0.1) is 0 Å².